The van der Waals surface area contributed by atoms with Crippen LogP contribution in [-0.4, -0.2) is 21.9 Å². The Kier molecular flexibility index (Phi) is 3.91. The Bertz CT molecular complexity index is 296. The lowest BCUT2D eigenvalue weighted by molar-refractivity contribution is 0.380. The molecule has 0 aliphatic carbocycles. The van der Waals surface area contributed by atoms with Crippen molar-refractivity contribution in [3.8, 4) is 0 Å². The zero-order chi connectivity index (χ0) is 11.5. The van der Waals surface area contributed by atoms with Gasteiger partial charge in [-0.3, -0.25) is 4.68 Å². The van der Waals surface area contributed by atoms with Gasteiger partial charge in [0, 0.05) is 18.8 Å². The second-order valence-electron chi connectivity index (χ2n) is 5.42. The molecule has 0 radical (unpaired) electrons. The maximum absolute atomic E-state index is 4.38. The minimum atomic E-state index is 0.207. The van der Waals surface area contributed by atoms with E-state index in [1.165, 1.54) is 5.69 Å². The van der Waals surface area contributed by atoms with Gasteiger partial charge in [-0.1, -0.05) is 6.92 Å². The second kappa shape index (κ2) is 4.79. The van der Waals surface area contributed by atoms with Gasteiger partial charge in [0.05, 0.1) is 5.69 Å². The van der Waals surface area contributed by atoms with Crippen molar-refractivity contribution in [2.24, 2.45) is 13.0 Å². The number of rotatable bonds is 4. The van der Waals surface area contributed by atoms with Gasteiger partial charge in [0.1, 0.15) is 0 Å². The third-order valence-corrected chi connectivity index (χ3v) is 2.31. The molecule has 0 aromatic carbocycles. The SMILES string of the molecule is CC(CNC(C)(C)C)Cc1ccn(C)n1. The Balaban J connectivity index is 2.33. The van der Waals surface area contributed by atoms with Crippen molar-refractivity contribution >= 4 is 0 Å². The molecule has 15 heavy (non-hydrogen) atoms. The first kappa shape index (κ1) is 12.2. The van der Waals surface area contributed by atoms with Crippen LogP contribution in [0.2, 0.25) is 0 Å². The standard InChI is InChI=1S/C12H23N3/c1-10(9-13-12(2,3)4)8-11-6-7-15(5)14-11/h6-7,10,13H,8-9H2,1-5H3. The predicted molar refractivity (Wildman–Crippen MR) is 63.8 cm³/mol. The van der Waals surface area contributed by atoms with Crippen LogP contribution in [0, 0.1) is 5.92 Å². The number of hydrogen-bond donors (Lipinski definition) is 1. The number of aromatic nitrogens is 2. The highest BCUT2D eigenvalue weighted by molar-refractivity contribution is 4.99. The molecule has 1 aromatic heterocycles. The molecule has 1 unspecified atom stereocenters. The van der Waals surface area contributed by atoms with E-state index in [4.69, 9.17) is 0 Å². The summed E-state index contributed by atoms with van der Waals surface area (Å²) in [5.74, 6) is 0.624. The van der Waals surface area contributed by atoms with Crippen molar-refractivity contribution < 1.29 is 0 Å². The molecule has 0 saturated carbocycles. The summed E-state index contributed by atoms with van der Waals surface area (Å²) < 4.78 is 1.86. The molecule has 1 rings (SSSR count). The molecule has 3 heteroatoms. The van der Waals surface area contributed by atoms with Crippen molar-refractivity contribution in [1.82, 2.24) is 15.1 Å². The first-order valence-electron chi connectivity index (χ1n) is 5.60. The van der Waals surface area contributed by atoms with Crippen LogP contribution < -0.4 is 5.32 Å². The Morgan fingerprint density at radius 2 is 2.13 bits per heavy atom. The second-order valence-corrected chi connectivity index (χ2v) is 5.42. The highest BCUT2D eigenvalue weighted by Crippen LogP contribution is 2.07. The fourth-order valence-electron chi connectivity index (χ4n) is 1.48. The summed E-state index contributed by atoms with van der Waals surface area (Å²) in [5, 5.41) is 7.90. The highest BCUT2D eigenvalue weighted by Gasteiger charge is 2.12. The van der Waals surface area contributed by atoms with E-state index < -0.39 is 0 Å². The van der Waals surface area contributed by atoms with Crippen molar-refractivity contribution in [3.05, 3.63) is 18.0 Å². The summed E-state index contributed by atoms with van der Waals surface area (Å²) in [7, 11) is 1.96. The van der Waals surface area contributed by atoms with Gasteiger partial charge < -0.3 is 5.32 Å². The van der Waals surface area contributed by atoms with Crippen LogP contribution in [0.25, 0.3) is 0 Å². The first-order valence-corrected chi connectivity index (χ1v) is 5.60. The maximum Gasteiger partial charge on any atom is 0.0627 e. The molecule has 0 saturated heterocycles. The molecule has 3 nitrogen and oxygen atoms in total. The number of nitrogens with one attached hydrogen (secondary N) is 1. The summed E-state index contributed by atoms with van der Waals surface area (Å²) in [5.41, 5.74) is 1.39. The van der Waals surface area contributed by atoms with Gasteiger partial charge in [0.25, 0.3) is 0 Å². The molecule has 0 amide bonds. The molecule has 0 fully saturated rings. The van der Waals surface area contributed by atoms with Crippen molar-refractivity contribution in [2.75, 3.05) is 6.54 Å². The smallest absolute Gasteiger partial charge is 0.0627 e. The molecule has 0 bridgehead atoms. The van der Waals surface area contributed by atoms with Gasteiger partial charge in [-0.05, 0) is 45.7 Å². The molecule has 0 spiro atoms. The van der Waals surface area contributed by atoms with Gasteiger partial charge in [-0.2, -0.15) is 5.10 Å². The van der Waals surface area contributed by atoms with E-state index in [1.54, 1.807) is 0 Å². The molecule has 1 heterocycles. The Hall–Kier alpha value is -0.830. The Labute approximate surface area is 92.9 Å². The third-order valence-electron chi connectivity index (χ3n) is 2.31. The van der Waals surface area contributed by atoms with Crippen LogP contribution in [0.5, 0.6) is 0 Å². The zero-order valence-electron chi connectivity index (χ0n) is 10.5. The van der Waals surface area contributed by atoms with Gasteiger partial charge in [0.15, 0.2) is 0 Å². The van der Waals surface area contributed by atoms with Crippen LogP contribution >= 0.6 is 0 Å². The van der Waals surface area contributed by atoms with Crippen LogP contribution in [0.1, 0.15) is 33.4 Å². The Morgan fingerprint density at radius 1 is 1.47 bits per heavy atom. The van der Waals surface area contributed by atoms with Gasteiger partial charge in [0.2, 0.25) is 0 Å². The van der Waals surface area contributed by atoms with E-state index in [2.05, 4.69) is 44.2 Å². The average Bonchev–Trinajstić information content (AvgIpc) is 2.47. The number of hydrogen-bond acceptors (Lipinski definition) is 2. The highest BCUT2D eigenvalue weighted by atomic mass is 15.2. The molecule has 0 aliphatic rings. The van der Waals surface area contributed by atoms with E-state index in [1.807, 2.05) is 17.9 Å². The Morgan fingerprint density at radius 3 is 2.60 bits per heavy atom. The van der Waals surface area contributed by atoms with Crippen LogP contribution in [0.4, 0.5) is 0 Å². The minimum Gasteiger partial charge on any atom is -0.312 e. The fourth-order valence-corrected chi connectivity index (χ4v) is 1.48. The number of nitrogens with zero attached hydrogens (tertiary/aromatic N) is 2. The molecule has 86 valence electrons. The lowest BCUT2D eigenvalue weighted by atomic mass is 10.0. The predicted octanol–water partition coefficient (Wildman–Crippen LogP) is 1.99. The van der Waals surface area contributed by atoms with Crippen molar-refractivity contribution in [1.29, 1.82) is 0 Å². The quantitative estimate of drug-likeness (QED) is 0.822. The van der Waals surface area contributed by atoms with Gasteiger partial charge >= 0.3 is 0 Å². The average molecular weight is 209 g/mol. The third kappa shape index (κ3) is 4.98. The maximum atomic E-state index is 4.38. The summed E-state index contributed by atoms with van der Waals surface area (Å²) in [6, 6.07) is 2.09. The normalized spacial score (nSPS) is 14.2. The molecule has 1 N–H and O–H groups in total. The van der Waals surface area contributed by atoms with E-state index in [9.17, 15) is 0 Å². The van der Waals surface area contributed by atoms with Crippen molar-refractivity contribution in [3.63, 3.8) is 0 Å². The molecule has 1 aromatic rings. The minimum absolute atomic E-state index is 0.207. The largest absolute Gasteiger partial charge is 0.312 e. The van der Waals surface area contributed by atoms with Crippen LogP contribution in [0.15, 0.2) is 12.3 Å². The molecule has 1 atom stereocenters. The molecule has 0 aliphatic heterocycles. The van der Waals surface area contributed by atoms with E-state index in [0.29, 0.717) is 5.92 Å². The topological polar surface area (TPSA) is 29.9 Å². The first-order chi connectivity index (χ1) is 6.87. The van der Waals surface area contributed by atoms with Gasteiger partial charge in [-0.25, -0.2) is 0 Å². The van der Waals surface area contributed by atoms with Gasteiger partial charge in [-0.15, -0.1) is 0 Å². The summed E-state index contributed by atoms with van der Waals surface area (Å²) in [6.45, 7) is 9.88. The van der Waals surface area contributed by atoms with E-state index in [0.717, 1.165) is 13.0 Å². The van der Waals surface area contributed by atoms with E-state index in [-0.39, 0.29) is 5.54 Å². The summed E-state index contributed by atoms with van der Waals surface area (Å²) in [6.07, 6.45) is 3.04. The monoisotopic (exact) mass is 209 g/mol. The lowest BCUT2D eigenvalue weighted by Gasteiger charge is -2.23. The molecular formula is C12H23N3. The fraction of sp³-hybridized carbons (Fsp3) is 0.750. The van der Waals surface area contributed by atoms with Crippen LogP contribution in [0.3, 0.4) is 0 Å². The molecular weight excluding hydrogens is 186 g/mol. The summed E-state index contributed by atoms with van der Waals surface area (Å²) >= 11 is 0. The lowest BCUT2D eigenvalue weighted by Crippen LogP contribution is -2.39. The zero-order valence-corrected chi connectivity index (χ0v) is 10.5. The van der Waals surface area contributed by atoms with Crippen LogP contribution in [-0.2, 0) is 13.5 Å². The van der Waals surface area contributed by atoms with E-state index >= 15 is 0 Å². The summed E-state index contributed by atoms with van der Waals surface area (Å²) in [4.78, 5) is 0. The van der Waals surface area contributed by atoms with Crippen molar-refractivity contribution in [2.45, 2.75) is 39.7 Å². The number of aryl methyl sites for hydroxylation is 1.